The molecule has 1 fully saturated rings. The summed E-state index contributed by atoms with van der Waals surface area (Å²) in [6.07, 6.45) is 10.9. The molecule has 0 aromatic heterocycles. The van der Waals surface area contributed by atoms with Crippen LogP contribution < -0.4 is 0 Å². The van der Waals surface area contributed by atoms with Gasteiger partial charge in [-0.2, -0.15) is 0 Å². The van der Waals surface area contributed by atoms with Gasteiger partial charge in [-0.1, -0.05) is 71.1 Å². The van der Waals surface area contributed by atoms with E-state index in [-0.39, 0.29) is 0 Å². The van der Waals surface area contributed by atoms with Crippen molar-refractivity contribution in [2.45, 2.75) is 102 Å². The van der Waals surface area contributed by atoms with E-state index in [0.717, 1.165) is 44.9 Å². The van der Waals surface area contributed by atoms with Crippen molar-refractivity contribution in [1.82, 2.24) is 0 Å². The summed E-state index contributed by atoms with van der Waals surface area (Å²) in [5.74, 6) is -1.80. The molecule has 1 aliphatic carbocycles. The number of hydrogen-bond acceptors (Lipinski definition) is 3. The highest BCUT2D eigenvalue weighted by molar-refractivity contribution is 5.71. The lowest BCUT2D eigenvalue weighted by Crippen LogP contribution is -2.52. The summed E-state index contributed by atoms with van der Waals surface area (Å²) in [6.45, 7) is 2.18. The summed E-state index contributed by atoms with van der Waals surface area (Å²) in [6, 6.07) is 0. The lowest BCUT2D eigenvalue weighted by atomic mass is 9.73. The van der Waals surface area contributed by atoms with Crippen LogP contribution in [0.5, 0.6) is 0 Å². The van der Waals surface area contributed by atoms with Crippen LogP contribution in [-0.2, 0) is 4.79 Å². The van der Waals surface area contributed by atoms with Gasteiger partial charge in [0.25, 0.3) is 0 Å². The Morgan fingerprint density at radius 2 is 1.73 bits per heavy atom. The number of aliphatic hydroxyl groups is 2. The Kier molecular flexibility index (Phi) is 9.03. The van der Waals surface area contributed by atoms with E-state index < -0.39 is 23.6 Å². The monoisotopic (exact) mass is 314 g/mol. The number of aliphatic hydroxyl groups excluding tert-OH is 1. The maximum atomic E-state index is 11.5. The van der Waals surface area contributed by atoms with E-state index in [0.29, 0.717) is 19.3 Å². The molecular formula is C18H34O4. The third-order valence-corrected chi connectivity index (χ3v) is 5.13. The van der Waals surface area contributed by atoms with Crippen molar-refractivity contribution in [3.8, 4) is 0 Å². The molecule has 1 saturated carbocycles. The van der Waals surface area contributed by atoms with Crippen LogP contribution in [0.1, 0.15) is 90.4 Å². The summed E-state index contributed by atoms with van der Waals surface area (Å²) >= 11 is 0. The lowest BCUT2D eigenvalue weighted by Gasteiger charge is -2.39. The van der Waals surface area contributed by atoms with Gasteiger partial charge >= 0.3 is 5.97 Å². The first-order valence-electron chi connectivity index (χ1n) is 9.15. The van der Waals surface area contributed by atoms with Gasteiger partial charge in [-0.05, 0) is 19.3 Å². The van der Waals surface area contributed by atoms with Crippen LogP contribution in [0.4, 0.5) is 0 Å². The first-order valence-corrected chi connectivity index (χ1v) is 9.15. The fourth-order valence-electron chi connectivity index (χ4n) is 3.64. The third-order valence-electron chi connectivity index (χ3n) is 5.13. The number of aliphatic carboxylic acids is 1. The zero-order chi connectivity index (χ0) is 16.4. The topological polar surface area (TPSA) is 77.8 Å². The van der Waals surface area contributed by atoms with Crippen molar-refractivity contribution in [3.05, 3.63) is 0 Å². The SMILES string of the molecule is CCCCCCCCC(O)C1(O)CCCCCCC1C(=O)O. The Labute approximate surface area is 134 Å². The molecule has 3 unspecified atom stereocenters. The molecule has 0 heterocycles. The van der Waals surface area contributed by atoms with Crippen LogP contribution in [-0.4, -0.2) is 33.0 Å². The quantitative estimate of drug-likeness (QED) is 0.564. The number of carbonyl (C=O) groups is 1. The van der Waals surface area contributed by atoms with E-state index in [1.54, 1.807) is 0 Å². The largest absolute Gasteiger partial charge is 0.481 e. The molecule has 1 rings (SSSR count). The molecule has 3 N–H and O–H groups in total. The first kappa shape index (κ1) is 19.4. The second-order valence-electron chi connectivity index (χ2n) is 6.91. The van der Waals surface area contributed by atoms with Crippen molar-refractivity contribution in [2.75, 3.05) is 0 Å². The molecule has 0 saturated heterocycles. The lowest BCUT2D eigenvalue weighted by molar-refractivity contribution is -0.169. The van der Waals surface area contributed by atoms with Crippen molar-refractivity contribution in [1.29, 1.82) is 0 Å². The zero-order valence-electron chi connectivity index (χ0n) is 14.1. The number of hydrogen-bond donors (Lipinski definition) is 3. The number of unbranched alkanes of at least 4 members (excludes halogenated alkanes) is 5. The van der Waals surface area contributed by atoms with E-state index in [9.17, 15) is 20.1 Å². The standard InChI is InChI=1S/C18H34O4/c1-2-3-4-5-6-10-13-16(19)18(22)14-11-8-7-9-12-15(18)17(20)21/h15-16,19,22H,2-14H2,1H3,(H,20,21). The Bertz CT molecular complexity index is 318. The van der Waals surface area contributed by atoms with Crippen LogP contribution in [0.15, 0.2) is 0 Å². The zero-order valence-corrected chi connectivity index (χ0v) is 14.1. The highest BCUT2D eigenvalue weighted by Gasteiger charge is 2.46. The van der Waals surface area contributed by atoms with Crippen LogP contribution in [0, 0.1) is 5.92 Å². The van der Waals surface area contributed by atoms with Gasteiger partial charge in [0.05, 0.1) is 12.0 Å². The summed E-state index contributed by atoms with van der Waals surface area (Å²) in [5, 5.41) is 30.8. The predicted molar refractivity (Wildman–Crippen MR) is 87.8 cm³/mol. The van der Waals surface area contributed by atoms with Gasteiger partial charge in [-0.3, -0.25) is 4.79 Å². The normalized spacial score (nSPS) is 27.9. The summed E-state index contributed by atoms with van der Waals surface area (Å²) < 4.78 is 0. The van der Waals surface area contributed by atoms with Crippen molar-refractivity contribution in [2.24, 2.45) is 5.92 Å². The molecule has 0 bridgehead atoms. The van der Waals surface area contributed by atoms with Gasteiger partial charge in [0.1, 0.15) is 5.60 Å². The van der Waals surface area contributed by atoms with Gasteiger partial charge < -0.3 is 15.3 Å². The molecule has 4 heteroatoms. The molecule has 3 atom stereocenters. The molecule has 4 nitrogen and oxygen atoms in total. The number of carboxylic acids is 1. The van der Waals surface area contributed by atoms with Gasteiger partial charge in [0.2, 0.25) is 0 Å². The summed E-state index contributed by atoms with van der Waals surface area (Å²) in [5.41, 5.74) is -1.45. The van der Waals surface area contributed by atoms with Crippen LogP contribution in [0.3, 0.4) is 0 Å². The third kappa shape index (κ3) is 5.88. The highest BCUT2D eigenvalue weighted by atomic mass is 16.4. The molecule has 1 aliphatic rings. The average Bonchev–Trinajstić information content (AvgIpc) is 2.46. The number of rotatable bonds is 9. The predicted octanol–water partition coefficient (Wildman–Crippen LogP) is 3.88. The Hall–Kier alpha value is -0.610. The second-order valence-corrected chi connectivity index (χ2v) is 6.91. The molecule has 0 spiro atoms. The number of carboxylic acid groups (broad SMARTS) is 1. The van der Waals surface area contributed by atoms with Gasteiger partial charge in [-0.25, -0.2) is 0 Å². The molecule has 0 aromatic carbocycles. The Morgan fingerprint density at radius 1 is 1.09 bits per heavy atom. The Morgan fingerprint density at radius 3 is 2.41 bits per heavy atom. The highest BCUT2D eigenvalue weighted by Crippen LogP contribution is 2.36. The van der Waals surface area contributed by atoms with E-state index in [4.69, 9.17) is 0 Å². The minimum Gasteiger partial charge on any atom is -0.481 e. The van der Waals surface area contributed by atoms with Gasteiger partial charge in [0.15, 0.2) is 0 Å². The second kappa shape index (κ2) is 10.2. The van der Waals surface area contributed by atoms with Crippen LogP contribution >= 0.6 is 0 Å². The Balaban J connectivity index is 2.52. The van der Waals surface area contributed by atoms with E-state index in [1.807, 2.05) is 0 Å². The molecule has 0 aliphatic heterocycles. The molecule has 130 valence electrons. The van der Waals surface area contributed by atoms with Crippen molar-refractivity contribution >= 4 is 5.97 Å². The fraction of sp³-hybridized carbons (Fsp3) is 0.944. The maximum Gasteiger partial charge on any atom is 0.309 e. The van der Waals surface area contributed by atoms with Gasteiger partial charge in [-0.15, -0.1) is 0 Å². The van der Waals surface area contributed by atoms with Crippen molar-refractivity contribution in [3.63, 3.8) is 0 Å². The first-order chi connectivity index (χ1) is 10.5. The van der Waals surface area contributed by atoms with E-state index in [2.05, 4.69) is 6.92 Å². The maximum absolute atomic E-state index is 11.5. The van der Waals surface area contributed by atoms with E-state index >= 15 is 0 Å². The van der Waals surface area contributed by atoms with Gasteiger partial charge in [0, 0.05) is 0 Å². The fourth-order valence-corrected chi connectivity index (χ4v) is 3.64. The van der Waals surface area contributed by atoms with Crippen molar-refractivity contribution < 1.29 is 20.1 Å². The van der Waals surface area contributed by atoms with Crippen LogP contribution in [0.2, 0.25) is 0 Å². The minimum absolute atomic E-state index is 0.404. The summed E-state index contributed by atoms with van der Waals surface area (Å²) in [4.78, 5) is 11.5. The molecular weight excluding hydrogens is 280 g/mol. The summed E-state index contributed by atoms with van der Waals surface area (Å²) in [7, 11) is 0. The molecule has 0 amide bonds. The molecule has 22 heavy (non-hydrogen) atoms. The minimum atomic E-state index is -1.45. The average molecular weight is 314 g/mol. The van der Waals surface area contributed by atoms with Crippen LogP contribution in [0.25, 0.3) is 0 Å². The smallest absolute Gasteiger partial charge is 0.309 e. The molecule has 0 aromatic rings. The van der Waals surface area contributed by atoms with E-state index in [1.165, 1.54) is 19.3 Å². The molecule has 0 radical (unpaired) electrons.